The largest absolute Gasteiger partial charge is 0.462 e. The maximum atomic E-state index is 15.4. The van der Waals surface area contributed by atoms with Gasteiger partial charge >= 0.3 is 5.97 Å². The molecule has 24 heteroatoms. The molecule has 0 aliphatic carbocycles. The molecule has 0 radical (unpaired) electrons. The number of benzene rings is 5. The van der Waals surface area contributed by atoms with Gasteiger partial charge in [0.05, 0.1) is 12.2 Å². The van der Waals surface area contributed by atoms with Crippen LogP contribution in [0.2, 0.25) is 0 Å². The molecular formula is C39H16BF20NO2. The van der Waals surface area contributed by atoms with Gasteiger partial charge < -0.3 is 4.74 Å². The summed E-state index contributed by atoms with van der Waals surface area (Å²) in [5, 5.41) is 0. The second kappa shape index (κ2) is 18.0. The Labute approximate surface area is 338 Å². The first-order valence-electron chi connectivity index (χ1n) is 16.9. The summed E-state index contributed by atoms with van der Waals surface area (Å²) in [6.45, 7) is 3.00. The van der Waals surface area contributed by atoms with Crippen molar-refractivity contribution in [1.82, 2.24) is 0 Å². The highest BCUT2D eigenvalue weighted by molar-refractivity contribution is 7.20. The van der Waals surface area contributed by atoms with Crippen LogP contribution in [0.3, 0.4) is 0 Å². The summed E-state index contributed by atoms with van der Waals surface area (Å²) in [5.74, 6) is -71.7. The molecule has 0 bridgehead atoms. The molecule has 0 spiro atoms. The summed E-state index contributed by atoms with van der Waals surface area (Å²) in [5.41, 5.74) is -12.6. The molecule has 1 aromatic heterocycles. The van der Waals surface area contributed by atoms with E-state index in [1.807, 2.05) is 42.7 Å². The molecule has 0 N–H and O–H groups in total. The highest BCUT2D eigenvalue weighted by Crippen LogP contribution is 2.30. The molecule has 332 valence electrons. The van der Waals surface area contributed by atoms with Crippen molar-refractivity contribution in [2.75, 3.05) is 6.61 Å². The fraction of sp³-hybridized carbons (Fsp3) is 0.0769. The first-order valence-corrected chi connectivity index (χ1v) is 16.9. The van der Waals surface area contributed by atoms with Gasteiger partial charge in [0, 0.05) is 17.7 Å². The molecule has 1 heterocycles. The molecule has 0 saturated heterocycles. The monoisotopic (exact) mass is 921 g/mol. The van der Waals surface area contributed by atoms with E-state index in [4.69, 9.17) is 4.74 Å². The molecule has 6 aromatic rings. The van der Waals surface area contributed by atoms with Crippen LogP contribution in [0.1, 0.15) is 22.8 Å². The van der Waals surface area contributed by atoms with Crippen LogP contribution < -0.4 is 26.4 Å². The summed E-state index contributed by atoms with van der Waals surface area (Å²) >= 11 is 0. The number of esters is 1. The minimum atomic E-state index is -7.22. The van der Waals surface area contributed by atoms with Crippen molar-refractivity contribution in [1.29, 1.82) is 0 Å². The number of carbonyl (C=O) groups excluding carboxylic acids is 1. The molecule has 0 aliphatic heterocycles. The maximum Gasteiger partial charge on any atom is 0.338 e. The molecule has 0 unspecified atom stereocenters. The van der Waals surface area contributed by atoms with E-state index in [2.05, 4.69) is 4.57 Å². The van der Waals surface area contributed by atoms with E-state index < -0.39 is 144 Å². The number of pyridine rings is 1. The van der Waals surface area contributed by atoms with Crippen molar-refractivity contribution in [3.63, 3.8) is 0 Å². The minimum Gasteiger partial charge on any atom is -0.462 e. The minimum absolute atomic E-state index is 0.267. The van der Waals surface area contributed by atoms with Gasteiger partial charge in [-0.3, -0.25) is 0 Å². The molecule has 3 nitrogen and oxygen atoms in total. The van der Waals surface area contributed by atoms with Crippen LogP contribution >= 0.6 is 0 Å². The first kappa shape index (κ1) is 47.4. The lowest BCUT2D eigenvalue weighted by Crippen LogP contribution is -2.81. The lowest BCUT2D eigenvalue weighted by Gasteiger charge is -2.44. The van der Waals surface area contributed by atoms with E-state index in [1.165, 1.54) is 0 Å². The zero-order valence-corrected chi connectivity index (χ0v) is 30.5. The molecule has 0 aliphatic rings. The molecule has 5 aromatic carbocycles. The van der Waals surface area contributed by atoms with E-state index >= 15 is 35.1 Å². The Morgan fingerprint density at radius 3 is 0.921 bits per heavy atom. The predicted molar refractivity (Wildman–Crippen MR) is 177 cm³/mol. The predicted octanol–water partition coefficient (Wildman–Crippen LogP) is 8.05. The van der Waals surface area contributed by atoms with E-state index in [-0.39, 0.29) is 5.97 Å². The number of hydrogen-bond acceptors (Lipinski definition) is 2. The Morgan fingerprint density at radius 2 is 0.667 bits per heavy atom. The number of halogens is 20. The van der Waals surface area contributed by atoms with Gasteiger partial charge in [-0.1, -0.05) is 18.2 Å². The summed E-state index contributed by atoms with van der Waals surface area (Å²) in [7, 11) is 0. The number of ether oxygens (including phenoxy) is 1. The normalized spacial score (nSPS) is 11.4. The lowest BCUT2D eigenvalue weighted by molar-refractivity contribution is -0.688. The van der Waals surface area contributed by atoms with Crippen molar-refractivity contribution >= 4 is 34.0 Å². The third-order valence-electron chi connectivity index (χ3n) is 9.31. The SMILES string of the molecule is CCOC(=O)c1ccc(C[n+]2ccccc2)cc1.Fc1c(F)c(F)c([B-](c2c(F)c(F)c(F)c(F)c2F)(c2c(F)c(F)c(F)c(F)c2F)c2c(F)c(F)c(F)c(F)c2F)c(F)c1F. The van der Waals surface area contributed by atoms with Gasteiger partial charge in [0.15, 0.2) is 88.7 Å². The molecule has 0 amide bonds. The van der Waals surface area contributed by atoms with Gasteiger partial charge in [-0.15, -0.1) is 21.9 Å². The zero-order valence-electron chi connectivity index (χ0n) is 30.5. The lowest BCUT2D eigenvalue weighted by atomic mass is 9.12. The number of aromatic nitrogens is 1. The quantitative estimate of drug-likeness (QED) is 0.0387. The molecule has 0 saturated carbocycles. The van der Waals surface area contributed by atoms with Crippen molar-refractivity contribution < 1.29 is 102 Å². The van der Waals surface area contributed by atoms with Crippen LogP contribution in [-0.2, 0) is 11.3 Å². The van der Waals surface area contributed by atoms with Crippen LogP contribution in [0, 0.1) is 116 Å². The Hall–Kier alpha value is -6.62. The van der Waals surface area contributed by atoms with Crippen LogP contribution in [0.4, 0.5) is 87.8 Å². The van der Waals surface area contributed by atoms with Crippen molar-refractivity contribution in [3.05, 3.63) is 182 Å². The third kappa shape index (κ3) is 7.79. The Balaban J connectivity index is 0.000000345. The summed E-state index contributed by atoms with van der Waals surface area (Å²) in [6, 6.07) is 13.5. The maximum absolute atomic E-state index is 15.4. The Bertz CT molecular complexity index is 2410. The highest BCUT2D eigenvalue weighted by Gasteiger charge is 2.52. The van der Waals surface area contributed by atoms with Crippen LogP contribution in [0.15, 0.2) is 54.9 Å². The van der Waals surface area contributed by atoms with Crippen molar-refractivity contribution in [2.24, 2.45) is 0 Å². The number of rotatable bonds is 8. The fourth-order valence-corrected chi connectivity index (χ4v) is 6.59. The second-order valence-corrected chi connectivity index (χ2v) is 12.8. The zero-order chi connectivity index (χ0) is 47.2. The van der Waals surface area contributed by atoms with Crippen molar-refractivity contribution in [2.45, 2.75) is 13.5 Å². The molecule has 6 rings (SSSR count). The van der Waals surface area contributed by atoms with Gasteiger partial charge in [-0.05, 0) is 19.1 Å². The first-order chi connectivity index (χ1) is 29.5. The molecule has 63 heavy (non-hydrogen) atoms. The Kier molecular flexibility index (Phi) is 13.6. The van der Waals surface area contributed by atoms with Gasteiger partial charge in [-0.25, -0.2) is 97.2 Å². The highest BCUT2D eigenvalue weighted by atomic mass is 19.2. The third-order valence-corrected chi connectivity index (χ3v) is 9.31. The second-order valence-electron chi connectivity index (χ2n) is 12.8. The van der Waals surface area contributed by atoms with Gasteiger partial charge in [0.2, 0.25) is 0 Å². The number of nitrogens with zero attached hydrogens (tertiary/aromatic N) is 1. The Morgan fingerprint density at radius 1 is 0.413 bits per heavy atom. The number of hydrogen-bond donors (Lipinski definition) is 0. The van der Waals surface area contributed by atoms with Gasteiger partial charge in [0.25, 0.3) is 0 Å². The van der Waals surface area contributed by atoms with Gasteiger partial charge in [-0.2, -0.15) is 0 Å². The summed E-state index contributed by atoms with van der Waals surface area (Å²) in [6.07, 6.45) is -3.19. The van der Waals surface area contributed by atoms with Crippen LogP contribution in [-0.4, -0.2) is 18.7 Å². The summed E-state index contributed by atoms with van der Waals surface area (Å²) < 4.78 is 301. The van der Waals surface area contributed by atoms with E-state index in [0.29, 0.717) is 12.2 Å². The topological polar surface area (TPSA) is 30.2 Å². The molecule has 0 fully saturated rings. The average Bonchev–Trinajstić information content (AvgIpc) is 3.27. The van der Waals surface area contributed by atoms with E-state index in [1.54, 1.807) is 19.1 Å². The standard InChI is InChI=1S/C24BF20.C15H16NO2/c26-5-1(6(27)14(35)21(42)13(5)34)25(2-7(28)15(36)22(43)16(37)8(2)29,3-9(30)17(38)23(44)18(39)10(3)31)4-11(32)19(40)24(45)20(41)12(4)33;1-2-18-15(17)14-8-6-13(7-9-14)12-16-10-4-3-5-11-16/h;3-11H,2,12H2,1H3/q-1;+1. The van der Waals surface area contributed by atoms with Crippen LogP contribution in [0.5, 0.6) is 0 Å². The van der Waals surface area contributed by atoms with E-state index in [0.717, 1.165) is 12.1 Å². The average molecular weight is 921 g/mol. The van der Waals surface area contributed by atoms with Gasteiger partial charge in [0.1, 0.15) is 52.7 Å². The molecular weight excluding hydrogens is 905 g/mol. The molecule has 0 atom stereocenters. The van der Waals surface area contributed by atoms with Crippen molar-refractivity contribution in [3.8, 4) is 0 Å². The smallest absolute Gasteiger partial charge is 0.338 e. The van der Waals surface area contributed by atoms with E-state index in [9.17, 15) is 57.5 Å². The summed E-state index contributed by atoms with van der Waals surface area (Å²) in [4.78, 5) is 11.5. The number of carbonyl (C=O) groups is 1. The van der Waals surface area contributed by atoms with Crippen LogP contribution in [0.25, 0.3) is 0 Å². The fourth-order valence-electron chi connectivity index (χ4n) is 6.59.